The second-order valence-corrected chi connectivity index (χ2v) is 6.81. The molecular formula is C11H15NO7S. The number of nitrogens with zero attached hydrogens (tertiary/aromatic N) is 1. The molecule has 0 aliphatic carbocycles. The summed E-state index contributed by atoms with van der Waals surface area (Å²) in [5, 5.41) is 8.89. The number of carbonyl (C=O) groups excluding carboxylic acids is 1. The van der Waals surface area contributed by atoms with Crippen molar-refractivity contribution in [1.82, 2.24) is 4.90 Å². The van der Waals surface area contributed by atoms with Crippen LogP contribution in [0.25, 0.3) is 0 Å². The van der Waals surface area contributed by atoms with Gasteiger partial charge in [-0.15, -0.1) is 0 Å². The number of ether oxygens (including phenoxy) is 2. The van der Waals surface area contributed by atoms with Gasteiger partial charge in [0.2, 0.25) is 5.76 Å². The van der Waals surface area contributed by atoms with Crippen molar-refractivity contribution in [1.29, 1.82) is 0 Å². The van der Waals surface area contributed by atoms with E-state index in [0.29, 0.717) is 6.61 Å². The lowest BCUT2D eigenvalue weighted by atomic mass is 10.2. The molecule has 2 rings (SSSR count). The fraction of sp³-hybridized carbons (Fsp3) is 0.636. The lowest BCUT2D eigenvalue weighted by Crippen LogP contribution is -2.45. The van der Waals surface area contributed by atoms with Crippen LogP contribution in [0.1, 0.15) is 6.42 Å². The Balaban J connectivity index is 2.17. The van der Waals surface area contributed by atoms with Gasteiger partial charge in [0.15, 0.2) is 9.84 Å². The summed E-state index contributed by atoms with van der Waals surface area (Å²) in [7, 11) is -3.22. The van der Waals surface area contributed by atoms with E-state index in [0.717, 1.165) is 11.2 Å². The molecule has 0 radical (unpaired) electrons. The van der Waals surface area contributed by atoms with Crippen molar-refractivity contribution < 1.29 is 32.6 Å². The zero-order valence-corrected chi connectivity index (χ0v) is 11.5. The Morgan fingerprint density at radius 1 is 1.40 bits per heavy atom. The fourth-order valence-electron chi connectivity index (χ4n) is 2.16. The summed E-state index contributed by atoms with van der Waals surface area (Å²) in [6.07, 6.45) is 1.36. The van der Waals surface area contributed by atoms with Gasteiger partial charge < -0.3 is 19.5 Å². The minimum atomic E-state index is -3.22. The third-order valence-electron chi connectivity index (χ3n) is 3.08. The zero-order chi connectivity index (χ0) is 14.8. The van der Waals surface area contributed by atoms with Crippen LogP contribution in [-0.2, 0) is 28.9 Å². The molecule has 1 N–H and O–H groups in total. The van der Waals surface area contributed by atoms with E-state index in [9.17, 15) is 18.0 Å². The molecule has 2 heterocycles. The van der Waals surface area contributed by atoms with Crippen LogP contribution in [-0.4, -0.2) is 67.6 Å². The van der Waals surface area contributed by atoms with Crippen molar-refractivity contribution in [2.45, 2.75) is 12.5 Å². The first-order valence-corrected chi connectivity index (χ1v) is 7.89. The quantitative estimate of drug-likeness (QED) is 0.707. The maximum absolute atomic E-state index is 12.2. The van der Waals surface area contributed by atoms with Crippen molar-refractivity contribution in [2.24, 2.45) is 0 Å². The van der Waals surface area contributed by atoms with Crippen LogP contribution in [0.4, 0.5) is 0 Å². The number of hydrogen-bond acceptors (Lipinski definition) is 6. The number of sulfone groups is 1. The number of amides is 1. The standard InChI is InChI=1S/C11H15NO7S/c13-10(14)5-12(8-1-4-20(16,17)7-8)11(15)9-6-18-2-3-19-9/h6,8H,1-5,7H2,(H,13,14). The summed E-state index contributed by atoms with van der Waals surface area (Å²) in [5.74, 6) is -2.23. The Morgan fingerprint density at radius 2 is 2.15 bits per heavy atom. The Kier molecular flexibility index (Phi) is 4.17. The maximum atomic E-state index is 12.2. The molecule has 0 spiro atoms. The molecule has 0 aromatic carbocycles. The molecule has 1 unspecified atom stereocenters. The number of carbonyl (C=O) groups is 2. The zero-order valence-electron chi connectivity index (χ0n) is 10.6. The minimum absolute atomic E-state index is 0.0442. The molecule has 0 saturated carbocycles. The average molecular weight is 305 g/mol. The van der Waals surface area contributed by atoms with Gasteiger partial charge in [-0.25, -0.2) is 8.42 Å². The highest BCUT2D eigenvalue weighted by atomic mass is 32.2. The van der Waals surface area contributed by atoms with Crippen molar-refractivity contribution >= 4 is 21.7 Å². The first-order valence-electron chi connectivity index (χ1n) is 6.07. The Hall–Kier alpha value is -1.77. The predicted octanol–water partition coefficient (Wildman–Crippen LogP) is -1.03. The third kappa shape index (κ3) is 3.41. The lowest BCUT2D eigenvalue weighted by molar-refractivity contribution is -0.146. The highest BCUT2D eigenvalue weighted by Crippen LogP contribution is 2.20. The summed E-state index contributed by atoms with van der Waals surface area (Å²) < 4.78 is 33.0. The van der Waals surface area contributed by atoms with Gasteiger partial charge in [-0.05, 0) is 6.42 Å². The van der Waals surface area contributed by atoms with Crippen molar-refractivity contribution in [3.8, 4) is 0 Å². The Morgan fingerprint density at radius 3 is 2.65 bits per heavy atom. The van der Waals surface area contributed by atoms with Gasteiger partial charge in [-0.2, -0.15) is 0 Å². The van der Waals surface area contributed by atoms with E-state index in [-0.39, 0.29) is 30.3 Å². The molecule has 1 fully saturated rings. The van der Waals surface area contributed by atoms with Crippen LogP contribution in [0.2, 0.25) is 0 Å². The molecule has 9 heteroatoms. The van der Waals surface area contributed by atoms with E-state index >= 15 is 0 Å². The van der Waals surface area contributed by atoms with Gasteiger partial charge in [0.1, 0.15) is 26.0 Å². The molecule has 2 aliphatic rings. The third-order valence-corrected chi connectivity index (χ3v) is 4.83. The minimum Gasteiger partial charge on any atom is -0.494 e. The second kappa shape index (κ2) is 5.70. The maximum Gasteiger partial charge on any atom is 0.323 e. The van der Waals surface area contributed by atoms with E-state index < -0.39 is 34.3 Å². The number of carboxylic acid groups (broad SMARTS) is 1. The molecule has 20 heavy (non-hydrogen) atoms. The van der Waals surface area contributed by atoms with Crippen LogP contribution < -0.4 is 0 Å². The number of rotatable bonds is 4. The van der Waals surface area contributed by atoms with Gasteiger partial charge in [0, 0.05) is 6.04 Å². The van der Waals surface area contributed by atoms with Crippen LogP contribution in [0, 0.1) is 0 Å². The molecule has 1 amide bonds. The van der Waals surface area contributed by atoms with E-state index in [1.165, 1.54) is 0 Å². The number of hydrogen-bond donors (Lipinski definition) is 1. The van der Waals surface area contributed by atoms with Gasteiger partial charge >= 0.3 is 5.97 Å². The molecule has 2 aliphatic heterocycles. The van der Waals surface area contributed by atoms with E-state index in [1.807, 2.05) is 0 Å². The molecule has 0 bridgehead atoms. The van der Waals surface area contributed by atoms with Crippen LogP contribution in [0.5, 0.6) is 0 Å². The molecular weight excluding hydrogens is 290 g/mol. The molecule has 0 aromatic heterocycles. The van der Waals surface area contributed by atoms with E-state index in [4.69, 9.17) is 14.6 Å². The van der Waals surface area contributed by atoms with Crippen LogP contribution in [0.15, 0.2) is 12.0 Å². The summed E-state index contributed by atoms with van der Waals surface area (Å²) in [6.45, 7) is -0.0608. The van der Waals surface area contributed by atoms with E-state index in [1.54, 1.807) is 0 Å². The Bertz CT molecular complexity index is 539. The lowest BCUT2D eigenvalue weighted by Gasteiger charge is -2.28. The summed E-state index contributed by atoms with van der Waals surface area (Å²) >= 11 is 0. The van der Waals surface area contributed by atoms with Crippen molar-refractivity contribution in [3.05, 3.63) is 12.0 Å². The van der Waals surface area contributed by atoms with Gasteiger partial charge in [-0.3, -0.25) is 9.59 Å². The fourth-order valence-corrected chi connectivity index (χ4v) is 3.89. The molecule has 8 nitrogen and oxygen atoms in total. The molecule has 0 aromatic rings. The molecule has 1 saturated heterocycles. The molecule has 1 atom stereocenters. The summed E-state index contributed by atoms with van der Waals surface area (Å²) in [4.78, 5) is 24.1. The smallest absolute Gasteiger partial charge is 0.323 e. The summed E-state index contributed by atoms with van der Waals surface area (Å²) in [5.41, 5.74) is 0. The van der Waals surface area contributed by atoms with Crippen LogP contribution in [0.3, 0.4) is 0 Å². The van der Waals surface area contributed by atoms with Crippen LogP contribution >= 0.6 is 0 Å². The van der Waals surface area contributed by atoms with E-state index in [2.05, 4.69) is 0 Å². The Labute approximate surface area is 115 Å². The van der Waals surface area contributed by atoms with Gasteiger partial charge in [-0.1, -0.05) is 0 Å². The number of carboxylic acids is 1. The van der Waals surface area contributed by atoms with Crippen molar-refractivity contribution in [3.63, 3.8) is 0 Å². The monoisotopic (exact) mass is 305 g/mol. The summed E-state index contributed by atoms with van der Waals surface area (Å²) in [6, 6.07) is -0.643. The second-order valence-electron chi connectivity index (χ2n) is 4.59. The first kappa shape index (κ1) is 14.6. The number of aliphatic carboxylic acids is 1. The largest absolute Gasteiger partial charge is 0.494 e. The topological polar surface area (TPSA) is 110 Å². The highest BCUT2D eigenvalue weighted by molar-refractivity contribution is 7.91. The normalized spacial score (nSPS) is 24.2. The highest BCUT2D eigenvalue weighted by Gasteiger charge is 2.37. The van der Waals surface area contributed by atoms with Gasteiger partial charge in [0.25, 0.3) is 5.91 Å². The SMILES string of the molecule is O=C(O)CN(C(=O)C1=COCCO1)C1CCS(=O)(=O)C1. The average Bonchev–Trinajstić information content (AvgIpc) is 2.76. The molecule has 112 valence electrons. The predicted molar refractivity (Wildman–Crippen MR) is 66.4 cm³/mol. The van der Waals surface area contributed by atoms with Crippen molar-refractivity contribution in [2.75, 3.05) is 31.3 Å². The first-order chi connectivity index (χ1) is 9.39. The van der Waals surface area contributed by atoms with Gasteiger partial charge in [0.05, 0.1) is 11.5 Å².